The lowest BCUT2D eigenvalue weighted by Crippen LogP contribution is -2.08. The zero-order chi connectivity index (χ0) is 13.0. The van der Waals surface area contributed by atoms with Crippen LogP contribution in [0.3, 0.4) is 0 Å². The van der Waals surface area contributed by atoms with Crippen molar-refractivity contribution in [1.82, 2.24) is 15.1 Å². The largest absolute Gasteiger partial charge is 0.475 e. The molecule has 0 aliphatic heterocycles. The first-order chi connectivity index (χ1) is 8.63. The lowest BCUT2D eigenvalue weighted by Gasteiger charge is -2.09. The predicted octanol–water partition coefficient (Wildman–Crippen LogP) is 2.17. The SMILES string of the molecule is Cc1cc(CNc2cc(OC(C)C)ncn2)no1. The number of aromatic nitrogens is 3. The third kappa shape index (κ3) is 3.44. The summed E-state index contributed by atoms with van der Waals surface area (Å²) in [4.78, 5) is 8.14. The molecule has 2 heterocycles. The Kier molecular flexibility index (Phi) is 3.76. The van der Waals surface area contributed by atoms with Gasteiger partial charge in [0.1, 0.15) is 23.6 Å². The van der Waals surface area contributed by atoms with Crippen LogP contribution in [0.15, 0.2) is 23.0 Å². The van der Waals surface area contributed by atoms with Crippen LogP contribution in [0.2, 0.25) is 0 Å². The van der Waals surface area contributed by atoms with Gasteiger partial charge in [-0.3, -0.25) is 0 Å². The zero-order valence-corrected chi connectivity index (χ0v) is 10.7. The number of hydrogen-bond acceptors (Lipinski definition) is 6. The molecule has 0 fully saturated rings. The van der Waals surface area contributed by atoms with Crippen LogP contribution in [0.1, 0.15) is 25.3 Å². The summed E-state index contributed by atoms with van der Waals surface area (Å²) in [7, 11) is 0. The number of ether oxygens (including phenoxy) is 1. The van der Waals surface area contributed by atoms with Crippen molar-refractivity contribution in [3.8, 4) is 5.88 Å². The third-order valence-corrected chi connectivity index (χ3v) is 2.13. The van der Waals surface area contributed by atoms with Gasteiger partial charge in [0.05, 0.1) is 12.6 Å². The lowest BCUT2D eigenvalue weighted by molar-refractivity contribution is 0.232. The summed E-state index contributed by atoms with van der Waals surface area (Å²) in [6, 6.07) is 3.63. The Morgan fingerprint density at radius 1 is 1.33 bits per heavy atom. The number of nitrogens with one attached hydrogen (secondary N) is 1. The number of aryl methyl sites for hydroxylation is 1. The third-order valence-electron chi connectivity index (χ3n) is 2.13. The van der Waals surface area contributed by atoms with Crippen molar-refractivity contribution in [2.75, 3.05) is 5.32 Å². The van der Waals surface area contributed by atoms with Crippen molar-refractivity contribution in [3.63, 3.8) is 0 Å². The molecule has 0 aliphatic rings. The van der Waals surface area contributed by atoms with Crippen molar-refractivity contribution in [1.29, 1.82) is 0 Å². The molecule has 6 nitrogen and oxygen atoms in total. The molecule has 0 bridgehead atoms. The maximum atomic E-state index is 5.49. The Hall–Kier alpha value is -2.11. The highest BCUT2D eigenvalue weighted by atomic mass is 16.5. The molecule has 6 heteroatoms. The highest BCUT2D eigenvalue weighted by Gasteiger charge is 2.04. The minimum atomic E-state index is 0.0888. The first-order valence-corrected chi connectivity index (χ1v) is 5.78. The molecule has 0 aromatic carbocycles. The van der Waals surface area contributed by atoms with Gasteiger partial charge in [0.25, 0.3) is 0 Å². The second-order valence-corrected chi connectivity index (χ2v) is 4.19. The maximum absolute atomic E-state index is 5.49. The lowest BCUT2D eigenvalue weighted by atomic mass is 10.4. The molecule has 2 aromatic rings. The fourth-order valence-electron chi connectivity index (χ4n) is 1.42. The smallest absolute Gasteiger partial charge is 0.218 e. The van der Waals surface area contributed by atoms with Crippen LogP contribution in [0.25, 0.3) is 0 Å². The molecule has 0 saturated carbocycles. The van der Waals surface area contributed by atoms with Crippen LogP contribution in [0, 0.1) is 6.92 Å². The number of hydrogen-bond donors (Lipinski definition) is 1. The summed E-state index contributed by atoms with van der Waals surface area (Å²) in [5, 5.41) is 7.02. The molecule has 0 unspecified atom stereocenters. The Morgan fingerprint density at radius 2 is 2.17 bits per heavy atom. The van der Waals surface area contributed by atoms with E-state index in [4.69, 9.17) is 9.26 Å². The minimum Gasteiger partial charge on any atom is -0.475 e. The normalized spacial score (nSPS) is 10.7. The molecule has 0 amide bonds. The number of rotatable bonds is 5. The summed E-state index contributed by atoms with van der Waals surface area (Å²) in [5.41, 5.74) is 0.831. The van der Waals surface area contributed by atoms with E-state index in [0.717, 1.165) is 11.5 Å². The molecule has 0 spiro atoms. The minimum absolute atomic E-state index is 0.0888. The van der Waals surface area contributed by atoms with Crippen LogP contribution in [-0.4, -0.2) is 21.2 Å². The van der Waals surface area contributed by atoms with E-state index in [-0.39, 0.29) is 6.10 Å². The Bertz CT molecular complexity index is 510. The quantitative estimate of drug-likeness (QED) is 0.874. The summed E-state index contributed by atoms with van der Waals surface area (Å²) in [5.74, 6) is 2.04. The number of anilines is 1. The van der Waals surface area contributed by atoms with Gasteiger partial charge < -0.3 is 14.6 Å². The molecule has 18 heavy (non-hydrogen) atoms. The van der Waals surface area contributed by atoms with E-state index in [9.17, 15) is 0 Å². The molecule has 0 radical (unpaired) electrons. The fraction of sp³-hybridized carbons (Fsp3) is 0.417. The van der Waals surface area contributed by atoms with E-state index in [0.29, 0.717) is 18.2 Å². The van der Waals surface area contributed by atoms with E-state index in [1.165, 1.54) is 6.33 Å². The molecule has 1 N–H and O–H groups in total. The van der Waals surface area contributed by atoms with E-state index in [1.807, 2.05) is 26.8 Å². The monoisotopic (exact) mass is 248 g/mol. The van der Waals surface area contributed by atoms with Gasteiger partial charge in [0.15, 0.2) is 0 Å². The second-order valence-electron chi connectivity index (χ2n) is 4.19. The van der Waals surface area contributed by atoms with Gasteiger partial charge in [0, 0.05) is 12.1 Å². The van der Waals surface area contributed by atoms with Crippen LogP contribution in [-0.2, 0) is 6.54 Å². The molecule has 0 atom stereocenters. The van der Waals surface area contributed by atoms with Crippen molar-refractivity contribution in [3.05, 3.63) is 29.9 Å². The van der Waals surface area contributed by atoms with E-state index in [2.05, 4.69) is 20.4 Å². The zero-order valence-electron chi connectivity index (χ0n) is 10.7. The first-order valence-electron chi connectivity index (χ1n) is 5.78. The summed E-state index contributed by atoms with van der Waals surface area (Å²) in [6.07, 6.45) is 1.56. The van der Waals surface area contributed by atoms with E-state index in [1.54, 1.807) is 6.07 Å². The molecule has 2 rings (SSSR count). The predicted molar refractivity (Wildman–Crippen MR) is 66.4 cm³/mol. The maximum Gasteiger partial charge on any atom is 0.218 e. The fourth-order valence-corrected chi connectivity index (χ4v) is 1.42. The Labute approximate surface area is 105 Å². The van der Waals surface area contributed by atoms with Crippen LogP contribution < -0.4 is 10.1 Å². The molecular formula is C12H16N4O2. The molecule has 2 aromatic heterocycles. The standard InChI is InChI=1S/C12H16N4O2/c1-8(2)17-12-5-11(14-7-15-12)13-6-10-4-9(3)18-16-10/h4-5,7-8H,6H2,1-3H3,(H,13,14,15). The van der Waals surface area contributed by atoms with Gasteiger partial charge in [-0.15, -0.1) is 0 Å². The highest BCUT2D eigenvalue weighted by molar-refractivity contribution is 5.37. The van der Waals surface area contributed by atoms with Crippen molar-refractivity contribution < 1.29 is 9.26 Å². The average molecular weight is 248 g/mol. The number of nitrogens with zero attached hydrogens (tertiary/aromatic N) is 3. The van der Waals surface area contributed by atoms with Gasteiger partial charge in [-0.1, -0.05) is 5.16 Å². The second kappa shape index (κ2) is 5.48. The van der Waals surface area contributed by atoms with Crippen molar-refractivity contribution >= 4 is 5.82 Å². The van der Waals surface area contributed by atoms with Gasteiger partial charge >= 0.3 is 0 Å². The molecule has 0 saturated heterocycles. The van der Waals surface area contributed by atoms with E-state index >= 15 is 0 Å². The summed E-state index contributed by atoms with van der Waals surface area (Å²) in [6.45, 7) is 6.31. The molecule has 0 aliphatic carbocycles. The highest BCUT2D eigenvalue weighted by Crippen LogP contribution is 2.13. The Morgan fingerprint density at radius 3 is 2.83 bits per heavy atom. The summed E-state index contributed by atoms with van der Waals surface area (Å²) >= 11 is 0. The van der Waals surface area contributed by atoms with Gasteiger partial charge in [-0.05, 0) is 20.8 Å². The molecular weight excluding hydrogens is 232 g/mol. The van der Waals surface area contributed by atoms with Gasteiger partial charge in [0.2, 0.25) is 5.88 Å². The summed E-state index contributed by atoms with van der Waals surface area (Å²) < 4.78 is 10.5. The first kappa shape index (κ1) is 12.3. The average Bonchev–Trinajstić information content (AvgIpc) is 2.72. The van der Waals surface area contributed by atoms with Crippen LogP contribution in [0.4, 0.5) is 5.82 Å². The molecule has 96 valence electrons. The van der Waals surface area contributed by atoms with Gasteiger partial charge in [-0.2, -0.15) is 0 Å². The Balaban J connectivity index is 1.96. The topological polar surface area (TPSA) is 73.1 Å². The van der Waals surface area contributed by atoms with Crippen molar-refractivity contribution in [2.45, 2.75) is 33.4 Å². The van der Waals surface area contributed by atoms with Crippen LogP contribution >= 0.6 is 0 Å². The van der Waals surface area contributed by atoms with E-state index < -0.39 is 0 Å². The van der Waals surface area contributed by atoms with Gasteiger partial charge in [-0.25, -0.2) is 9.97 Å². The van der Waals surface area contributed by atoms with Crippen molar-refractivity contribution in [2.24, 2.45) is 0 Å². The van der Waals surface area contributed by atoms with Crippen LogP contribution in [0.5, 0.6) is 5.88 Å².